The van der Waals surface area contributed by atoms with Crippen LogP contribution in [0.2, 0.25) is 5.02 Å². The Bertz CT molecular complexity index is 398. The third-order valence-corrected chi connectivity index (χ3v) is 3.81. The molecule has 0 fully saturated rings. The molecule has 0 aliphatic carbocycles. The maximum Gasteiger partial charge on any atom is 0.0847 e. The maximum atomic E-state index is 9.64. The predicted octanol–water partition coefficient (Wildman–Crippen LogP) is 1.94. The Kier molecular flexibility index (Phi) is 5.20. The Hall–Kier alpha value is -0.580. The van der Waals surface area contributed by atoms with E-state index in [1.165, 1.54) is 0 Å². The molecule has 0 aliphatic heterocycles. The van der Waals surface area contributed by atoms with E-state index in [4.69, 9.17) is 11.6 Å². The van der Waals surface area contributed by atoms with Gasteiger partial charge in [-0.15, -0.1) is 0 Å². The molecule has 0 aromatic carbocycles. The first-order valence-corrected chi connectivity index (χ1v) is 6.62. The highest BCUT2D eigenvalue weighted by atomic mass is 35.5. The summed E-state index contributed by atoms with van der Waals surface area (Å²) in [4.78, 5) is 0. The minimum Gasteiger partial charge on any atom is -0.396 e. The van der Waals surface area contributed by atoms with E-state index in [0.717, 1.165) is 17.8 Å². The summed E-state index contributed by atoms with van der Waals surface area (Å²) in [6, 6.07) is 0. The molecule has 0 bridgehead atoms. The molecule has 0 atom stereocenters. The Balaban J connectivity index is 3.03. The van der Waals surface area contributed by atoms with Gasteiger partial charge in [-0.1, -0.05) is 25.4 Å². The lowest BCUT2D eigenvalue weighted by atomic mass is 9.77. The van der Waals surface area contributed by atoms with Crippen LogP contribution in [0.3, 0.4) is 0 Å². The SMILES string of the molecule is Cc1nn(C)c(CC(CO)(CO)CC(C)C)c1Cl. The Morgan fingerprint density at radius 1 is 1.33 bits per heavy atom. The number of aryl methyl sites for hydroxylation is 2. The van der Waals surface area contributed by atoms with Gasteiger partial charge in [-0.05, 0) is 19.3 Å². The molecule has 1 rings (SSSR count). The molecule has 104 valence electrons. The molecule has 0 amide bonds. The van der Waals surface area contributed by atoms with E-state index in [-0.39, 0.29) is 13.2 Å². The average Bonchev–Trinajstić information content (AvgIpc) is 2.54. The summed E-state index contributed by atoms with van der Waals surface area (Å²) in [5.74, 6) is 0.400. The topological polar surface area (TPSA) is 58.3 Å². The Labute approximate surface area is 114 Å². The molecule has 1 aromatic heterocycles. The molecule has 1 aromatic rings. The first-order valence-electron chi connectivity index (χ1n) is 6.25. The second-order valence-electron chi connectivity index (χ2n) is 5.56. The molecule has 0 saturated heterocycles. The van der Waals surface area contributed by atoms with Crippen LogP contribution in [-0.4, -0.2) is 33.2 Å². The summed E-state index contributed by atoms with van der Waals surface area (Å²) < 4.78 is 1.73. The smallest absolute Gasteiger partial charge is 0.0847 e. The molecule has 0 saturated carbocycles. The molecule has 4 nitrogen and oxygen atoms in total. The molecular weight excluding hydrogens is 252 g/mol. The highest BCUT2D eigenvalue weighted by molar-refractivity contribution is 6.31. The van der Waals surface area contributed by atoms with Crippen LogP contribution in [0.1, 0.15) is 31.7 Å². The zero-order chi connectivity index (χ0) is 13.9. The first-order chi connectivity index (χ1) is 8.35. The lowest BCUT2D eigenvalue weighted by Crippen LogP contribution is -2.34. The minimum absolute atomic E-state index is 0.0533. The van der Waals surface area contributed by atoms with Gasteiger partial charge in [0.2, 0.25) is 0 Å². The van der Waals surface area contributed by atoms with Crippen LogP contribution in [0.5, 0.6) is 0 Å². The van der Waals surface area contributed by atoms with E-state index in [2.05, 4.69) is 18.9 Å². The third-order valence-electron chi connectivity index (χ3n) is 3.32. The zero-order valence-electron chi connectivity index (χ0n) is 11.6. The van der Waals surface area contributed by atoms with Gasteiger partial charge in [0.05, 0.1) is 29.6 Å². The second-order valence-corrected chi connectivity index (χ2v) is 5.94. The van der Waals surface area contributed by atoms with Gasteiger partial charge in [-0.2, -0.15) is 5.10 Å². The summed E-state index contributed by atoms with van der Waals surface area (Å²) in [6.07, 6.45) is 1.29. The predicted molar refractivity (Wildman–Crippen MR) is 72.7 cm³/mol. The standard InChI is InChI=1S/C13H23ClN2O2/c1-9(2)5-13(7-17,8-18)6-11-12(14)10(3)15-16(11)4/h9,17-18H,5-8H2,1-4H3. The van der Waals surface area contributed by atoms with Gasteiger partial charge in [-0.3, -0.25) is 4.68 Å². The highest BCUT2D eigenvalue weighted by Crippen LogP contribution is 2.33. The van der Waals surface area contributed by atoms with E-state index in [0.29, 0.717) is 17.4 Å². The van der Waals surface area contributed by atoms with Crippen molar-refractivity contribution in [3.8, 4) is 0 Å². The lowest BCUT2D eigenvalue weighted by Gasteiger charge is -2.31. The Morgan fingerprint density at radius 2 is 1.89 bits per heavy atom. The quantitative estimate of drug-likeness (QED) is 0.834. The number of aliphatic hydroxyl groups is 2. The highest BCUT2D eigenvalue weighted by Gasteiger charge is 2.32. The molecule has 2 N–H and O–H groups in total. The van der Waals surface area contributed by atoms with Crippen molar-refractivity contribution in [2.24, 2.45) is 18.4 Å². The number of halogens is 1. The largest absolute Gasteiger partial charge is 0.396 e. The fraction of sp³-hybridized carbons (Fsp3) is 0.769. The number of rotatable bonds is 6. The minimum atomic E-state index is -0.530. The number of aromatic nitrogens is 2. The second kappa shape index (κ2) is 6.04. The zero-order valence-corrected chi connectivity index (χ0v) is 12.3. The molecule has 0 spiro atoms. The first kappa shape index (κ1) is 15.5. The van der Waals surface area contributed by atoms with E-state index < -0.39 is 5.41 Å². The van der Waals surface area contributed by atoms with Crippen molar-refractivity contribution in [3.05, 3.63) is 16.4 Å². The van der Waals surface area contributed by atoms with Crippen molar-refractivity contribution in [1.29, 1.82) is 0 Å². The van der Waals surface area contributed by atoms with Crippen LogP contribution in [0.25, 0.3) is 0 Å². The summed E-state index contributed by atoms with van der Waals surface area (Å²) in [7, 11) is 1.84. The van der Waals surface area contributed by atoms with E-state index in [1.54, 1.807) is 4.68 Å². The molecule has 1 heterocycles. The third kappa shape index (κ3) is 3.25. The monoisotopic (exact) mass is 274 g/mol. The van der Waals surface area contributed by atoms with Crippen molar-refractivity contribution in [1.82, 2.24) is 9.78 Å². The van der Waals surface area contributed by atoms with E-state index in [1.807, 2.05) is 14.0 Å². The Morgan fingerprint density at radius 3 is 2.22 bits per heavy atom. The van der Waals surface area contributed by atoms with Crippen molar-refractivity contribution in [2.45, 2.75) is 33.6 Å². The van der Waals surface area contributed by atoms with Crippen molar-refractivity contribution in [3.63, 3.8) is 0 Å². The maximum absolute atomic E-state index is 9.64. The van der Waals surface area contributed by atoms with Gasteiger partial charge in [0, 0.05) is 18.9 Å². The number of nitrogens with zero attached hydrogens (tertiary/aromatic N) is 2. The molecule has 0 radical (unpaired) electrons. The van der Waals surface area contributed by atoms with Crippen molar-refractivity contribution in [2.75, 3.05) is 13.2 Å². The van der Waals surface area contributed by atoms with Gasteiger partial charge in [-0.25, -0.2) is 0 Å². The van der Waals surface area contributed by atoms with Gasteiger partial charge in [0.1, 0.15) is 0 Å². The summed E-state index contributed by atoms with van der Waals surface area (Å²) in [5, 5.41) is 24.2. The van der Waals surface area contributed by atoms with Crippen LogP contribution in [0.15, 0.2) is 0 Å². The normalized spacial score (nSPS) is 12.4. The van der Waals surface area contributed by atoms with Crippen molar-refractivity contribution < 1.29 is 10.2 Å². The van der Waals surface area contributed by atoms with Crippen molar-refractivity contribution >= 4 is 11.6 Å². The molecule has 18 heavy (non-hydrogen) atoms. The van der Waals surface area contributed by atoms with Gasteiger partial charge in [0.15, 0.2) is 0 Å². The number of hydrogen-bond acceptors (Lipinski definition) is 3. The van der Waals surface area contributed by atoms with Gasteiger partial charge >= 0.3 is 0 Å². The van der Waals surface area contributed by atoms with Crippen LogP contribution in [0, 0.1) is 18.3 Å². The molecule has 5 heteroatoms. The van der Waals surface area contributed by atoms with E-state index in [9.17, 15) is 10.2 Å². The van der Waals surface area contributed by atoms with E-state index >= 15 is 0 Å². The van der Waals surface area contributed by atoms with Crippen LogP contribution < -0.4 is 0 Å². The van der Waals surface area contributed by atoms with Crippen LogP contribution in [0.4, 0.5) is 0 Å². The fourth-order valence-electron chi connectivity index (χ4n) is 2.46. The van der Waals surface area contributed by atoms with Gasteiger partial charge in [0.25, 0.3) is 0 Å². The molecule has 0 unspecified atom stereocenters. The van der Waals surface area contributed by atoms with Crippen LogP contribution >= 0.6 is 11.6 Å². The van der Waals surface area contributed by atoms with Gasteiger partial charge < -0.3 is 10.2 Å². The molecular formula is C13H23ClN2O2. The summed E-state index contributed by atoms with van der Waals surface area (Å²) in [5.41, 5.74) is 1.12. The lowest BCUT2D eigenvalue weighted by molar-refractivity contribution is 0.0355. The summed E-state index contributed by atoms with van der Waals surface area (Å²) >= 11 is 6.22. The molecule has 0 aliphatic rings. The fourth-order valence-corrected chi connectivity index (χ4v) is 2.68. The number of aliphatic hydroxyl groups excluding tert-OH is 2. The summed E-state index contributed by atoms with van der Waals surface area (Å²) in [6.45, 7) is 5.91. The van der Waals surface area contributed by atoms with Crippen LogP contribution in [-0.2, 0) is 13.5 Å². The average molecular weight is 275 g/mol. The number of hydrogen-bond donors (Lipinski definition) is 2.